The molecule has 0 aromatic rings. The van der Waals surface area contributed by atoms with Crippen molar-refractivity contribution in [1.29, 1.82) is 0 Å². The van der Waals surface area contributed by atoms with Crippen molar-refractivity contribution in [3.63, 3.8) is 0 Å². The van der Waals surface area contributed by atoms with Gasteiger partial charge in [-0.15, -0.1) is 0 Å². The highest BCUT2D eigenvalue weighted by molar-refractivity contribution is 7.47. The van der Waals surface area contributed by atoms with Crippen LogP contribution < -0.4 is 0 Å². The van der Waals surface area contributed by atoms with E-state index in [9.17, 15) is 43.2 Å². The minimum absolute atomic E-state index is 0.0155. The SMILES string of the molecule is CCCCC/C=C\C/C=C\C/C=C\C/C=C\CCCC(=O)O[C@H](COC(=O)CCCCCCC/C=C\C=C/CCCCCC)COP(=O)(O)OC[C@@H](O)COP(=O)(O)OC[C@@H](COC(=O)CCCCCCC/C=C\CCCCCCCC)OC(=O)CCCCCCC/C=C\CCCCCC. The molecule has 578 valence electrons. The van der Waals surface area contributed by atoms with Gasteiger partial charge in [-0.3, -0.25) is 37.3 Å². The monoisotopic (exact) mass is 1450 g/mol. The van der Waals surface area contributed by atoms with Crippen LogP contribution in [0.15, 0.2) is 97.2 Å². The summed E-state index contributed by atoms with van der Waals surface area (Å²) in [6.07, 6.45) is 76.8. The molecule has 17 nitrogen and oxygen atoms in total. The summed E-state index contributed by atoms with van der Waals surface area (Å²) in [7, 11) is -9.97. The molecule has 0 saturated carbocycles. The van der Waals surface area contributed by atoms with Crippen molar-refractivity contribution in [3.8, 4) is 0 Å². The summed E-state index contributed by atoms with van der Waals surface area (Å²) in [6.45, 7) is 4.73. The number of hydrogen-bond acceptors (Lipinski definition) is 15. The van der Waals surface area contributed by atoms with Crippen LogP contribution in [0.25, 0.3) is 0 Å². The first-order chi connectivity index (χ1) is 48.7. The molecule has 0 saturated heterocycles. The van der Waals surface area contributed by atoms with Crippen molar-refractivity contribution in [2.75, 3.05) is 39.6 Å². The molecule has 0 spiro atoms. The lowest BCUT2D eigenvalue weighted by Gasteiger charge is -2.21. The number of allylic oxidation sites excluding steroid dienone is 16. The summed E-state index contributed by atoms with van der Waals surface area (Å²) in [5.74, 6) is -2.26. The van der Waals surface area contributed by atoms with Gasteiger partial charge in [0.25, 0.3) is 0 Å². The zero-order valence-electron chi connectivity index (χ0n) is 63.1. The molecule has 0 aliphatic rings. The molecule has 0 bridgehead atoms. The van der Waals surface area contributed by atoms with Gasteiger partial charge in [0.2, 0.25) is 0 Å². The number of unbranched alkanes of at least 4 members (excludes halogenated alkanes) is 33. The van der Waals surface area contributed by atoms with Gasteiger partial charge in [0, 0.05) is 25.7 Å². The van der Waals surface area contributed by atoms with Crippen LogP contribution in [0.5, 0.6) is 0 Å². The van der Waals surface area contributed by atoms with E-state index in [1.807, 2.05) is 12.2 Å². The Bertz CT molecular complexity index is 2270. The Morgan fingerprint density at radius 2 is 0.530 bits per heavy atom. The predicted molar refractivity (Wildman–Crippen MR) is 409 cm³/mol. The van der Waals surface area contributed by atoms with E-state index in [4.69, 9.17) is 37.0 Å². The van der Waals surface area contributed by atoms with Crippen LogP contribution in [-0.2, 0) is 65.4 Å². The topological polar surface area (TPSA) is 237 Å². The molecule has 0 aliphatic carbocycles. The van der Waals surface area contributed by atoms with Gasteiger partial charge >= 0.3 is 39.5 Å². The number of rotatable bonds is 74. The van der Waals surface area contributed by atoms with Crippen LogP contribution in [0.2, 0.25) is 0 Å². The molecule has 5 atom stereocenters. The lowest BCUT2D eigenvalue weighted by atomic mass is 10.1. The number of hydrogen-bond donors (Lipinski definition) is 3. The standard InChI is InChI=1S/C81H142O17P2/c1-5-9-13-17-21-25-29-33-36-37-40-44-48-52-56-60-64-68-81(86)98-77(72-92-79(84)66-62-58-54-50-46-43-39-35-31-27-23-19-15-11-7-3)74-96-100(89,90)94-70-75(82)69-93-99(87,88)95-73-76(97-80(85)67-63-59-55-51-47-41-32-28-24-20-16-12-8-4)71-91-78(83)65-61-57-53-49-45-42-38-34-30-26-22-18-14-10-6-2/h21,25,27-28,31-36,38-40,44,52,56,75-77,82H,5-20,22-24,26,29-30,37,41-43,45-51,53-55,57-74H2,1-4H3,(H,87,88)(H,89,90)/b25-21-,31-27-,32-28-,36-33-,38-34-,39-35-,44-40-,56-52-/t75-,76+,77+/m0/s1. The molecule has 0 amide bonds. The summed E-state index contributed by atoms with van der Waals surface area (Å²) < 4.78 is 68.5. The molecule has 0 aliphatic heterocycles. The van der Waals surface area contributed by atoms with Crippen LogP contribution in [-0.4, -0.2) is 96.7 Å². The summed E-state index contributed by atoms with van der Waals surface area (Å²) in [5, 5.41) is 10.6. The van der Waals surface area contributed by atoms with Crippen molar-refractivity contribution in [3.05, 3.63) is 97.2 Å². The highest BCUT2D eigenvalue weighted by Crippen LogP contribution is 2.45. The summed E-state index contributed by atoms with van der Waals surface area (Å²) >= 11 is 0. The van der Waals surface area contributed by atoms with Crippen LogP contribution in [0.4, 0.5) is 0 Å². The summed E-state index contributed by atoms with van der Waals surface area (Å²) in [6, 6.07) is 0. The van der Waals surface area contributed by atoms with Gasteiger partial charge in [0.15, 0.2) is 12.2 Å². The number of aliphatic hydroxyl groups is 1. The molecule has 0 rings (SSSR count). The average Bonchev–Trinajstić information content (AvgIpc) is 0.962. The van der Waals surface area contributed by atoms with E-state index in [1.54, 1.807) is 0 Å². The second-order valence-corrected chi connectivity index (χ2v) is 29.2. The molecule has 19 heteroatoms. The summed E-state index contributed by atoms with van der Waals surface area (Å²) in [5.41, 5.74) is 0. The van der Waals surface area contributed by atoms with Gasteiger partial charge in [-0.25, -0.2) is 9.13 Å². The van der Waals surface area contributed by atoms with Crippen molar-refractivity contribution >= 4 is 39.5 Å². The first-order valence-electron chi connectivity index (χ1n) is 39.5. The Kier molecular flexibility index (Phi) is 70.4. The van der Waals surface area contributed by atoms with Crippen molar-refractivity contribution < 1.29 is 80.2 Å². The lowest BCUT2D eigenvalue weighted by molar-refractivity contribution is -0.161. The summed E-state index contributed by atoms with van der Waals surface area (Å²) in [4.78, 5) is 72.9. The minimum Gasteiger partial charge on any atom is -0.462 e. The van der Waals surface area contributed by atoms with Gasteiger partial charge in [-0.1, -0.05) is 266 Å². The Labute approximate surface area is 607 Å². The number of phosphoric ester groups is 2. The van der Waals surface area contributed by atoms with Crippen LogP contribution >= 0.6 is 15.6 Å². The third kappa shape index (κ3) is 72.3. The number of esters is 4. The van der Waals surface area contributed by atoms with Crippen LogP contribution in [0, 0.1) is 0 Å². The average molecular weight is 1450 g/mol. The maximum absolute atomic E-state index is 13.1. The van der Waals surface area contributed by atoms with Gasteiger partial charge in [0.05, 0.1) is 26.4 Å². The third-order valence-electron chi connectivity index (χ3n) is 16.5. The largest absolute Gasteiger partial charge is 0.472 e. The fourth-order valence-electron chi connectivity index (χ4n) is 10.4. The van der Waals surface area contributed by atoms with E-state index in [1.165, 1.54) is 109 Å². The number of carbonyl (C=O) groups excluding carboxylic acids is 4. The Hall–Kier alpha value is -4.02. The predicted octanol–water partition coefficient (Wildman–Crippen LogP) is 22.8. The smallest absolute Gasteiger partial charge is 0.462 e. The van der Waals surface area contributed by atoms with E-state index >= 15 is 0 Å². The fourth-order valence-corrected chi connectivity index (χ4v) is 12.0. The number of ether oxygens (including phenoxy) is 4. The molecule has 3 N–H and O–H groups in total. The minimum atomic E-state index is -4.99. The van der Waals surface area contributed by atoms with Gasteiger partial charge < -0.3 is 33.8 Å². The fraction of sp³-hybridized carbons (Fsp3) is 0.753. The molecule has 0 fully saturated rings. The second kappa shape index (κ2) is 73.3. The number of carbonyl (C=O) groups is 4. The van der Waals surface area contributed by atoms with E-state index < -0.39 is 97.5 Å². The molecule has 2 unspecified atom stereocenters. The zero-order valence-corrected chi connectivity index (χ0v) is 64.9. The van der Waals surface area contributed by atoms with E-state index in [-0.39, 0.29) is 25.7 Å². The van der Waals surface area contributed by atoms with Crippen molar-refractivity contribution in [2.24, 2.45) is 0 Å². The molecular formula is C81H142O17P2. The van der Waals surface area contributed by atoms with Gasteiger partial charge in [-0.2, -0.15) is 0 Å². The van der Waals surface area contributed by atoms with Crippen LogP contribution in [0.1, 0.15) is 336 Å². The maximum Gasteiger partial charge on any atom is 0.472 e. The number of aliphatic hydroxyl groups excluding tert-OH is 1. The Morgan fingerprint density at radius 1 is 0.290 bits per heavy atom. The molecular weight excluding hydrogens is 1310 g/mol. The van der Waals surface area contributed by atoms with E-state index in [0.717, 1.165) is 141 Å². The number of phosphoric acid groups is 2. The van der Waals surface area contributed by atoms with Gasteiger partial charge in [0.1, 0.15) is 19.3 Å². The first kappa shape index (κ1) is 96.0. The zero-order chi connectivity index (χ0) is 73.2. The normalized spacial score (nSPS) is 14.4. The Morgan fingerprint density at radius 3 is 0.890 bits per heavy atom. The molecule has 0 radical (unpaired) electrons. The highest BCUT2D eigenvalue weighted by atomic mass is 31.2. The Balaban J connectivity index is 5.42. The lowest BCUT2D eigenvalue weighted by Crippen LogP contribution is -2.30. The van der Waals surface area contributed by atoms with Crippen molar-refractivity contribution in [2.45, 2.75) is 354 Å². The molecule has 0 heterocycles. The van der Waals surface area contributed by atoms with Crippen molar-refractivity contribution in [1.82, 2.24) is 0 Å². The maximum atomic E-state index is 13.1. The van der Waals surface area contributed by atoms with E-state index in [2.05, 4.69) is 113 Å². The third-order valence-corrected chi connectivity index (χ3v) is 18.4. The second-order valence-electron chi connectivity index (χ2n) is 26.3. The van der Waals surface area contributed by atoms with Gasteiger partial charge in [-0.05, 0) is 141 Å². The quantitative estimate of drug-likeness (QED) is 0.0128. The molecule has 0 aromatic heterocycles. The van der Waals surface area contributed by atoms with Crippen LogP contribution in [0.3, 0.4) is 0 Å². The van der Waals surface area contributed by atoms with E-state index in [0.29, 0.717) is 32.1 Å². The first-order valence-corrected chi connectivity index (χ1v) is 42.5. The molecule has 100 heavy (non-hydrogen) atoms. The molecule has 0 aromatic carbocycles. The highest BCUT2D eigenvalue weighted by Gasteiger charge is 2.30.